The molecule has 5 heteroatoms. The number of amides is 1. The van der Waals surface area contributed by atoms with Crippen LogP contribution in [-0.4, -0.2) is 42.9 Å². The maximum atomic E-state index is 11.8. The van der Waals surface area contributed by atoms with Gasteiger partial charge < -0.3 is 16.0 Å². The summed E-state index contributed by atoms with van der Waals surface area (Å²) in [6, 6.07) is 0. The van der Waals surface area contributed by atoms with Gasteiger partial charge in [0.25, 0.3) is 0 Å². The van der Waals surface area contributed by atoms with Crippen LogP contribution in [0.4, 0.5) is 0 Å². The fourth-order valence-corrected chi connectivity index (χ4v) is 3.25. The zero-order valence-electron chi connectivity index (χ0n) is 13.3. The highest BCUT2D eigenvalue weighted by molar-refractivity contribution is 5.78. The third-order valence-electron chi connectivity index (χ3n) is 4.76. The van der Waals surface area contributed by atoms with Gasteiger partial charge in [-0.15, -0.1) is 0 Å². The van der Waals surface area contributed by atoms with Crippen LogP contribution < -0.4 is 11.1 Å². The van der Waals surface area contributed by atoms with E-state index in [1.807, 2.05) is 0 Å². The first kappa shape index (κ1) is 16.1. The molecule has 120 valence electrons. The highest BCUT2D eigenvalue weighted by Crippen LogP contribution is 2.27. The van der Waals surface area contributed by atoms with Crippen molar-refractivity contribution in [3.8, 4) is 0 Å². The van der Waals surface area contributed by atoms with Gasteiger partial charge in [-0.1, -0.05) is 19.8 Å². The van der Waals surface area contributed by atoms with Gasteiger partial charge in [-0.25, -0.2) is 0 Å². The standard InChI is InChI=1S/C16H30N4O/c1-13-6-10-20(11-7-13)16(17)19-9-8-18-15(21)12-14-4-2-3-5-14/h13-14H,2-12H2,1H3,(H2,17,19)(H,18,21). The van der Waals surface area contributed by atoms with E-state index in [4.69, 9.17) is 5.73 Å². The van der Waals surface area contributed by atoms with Crippen LogP contribution in [0.2, 0.25) is 0 Å². The van der Waals surface area contributed by atoms with Crippen LogP contribution in [0.5, 0.6) is 0 Å². The predicted molar refractivity (Wildman–Crippen MR) is 86.0 cm³/mol. The van der Waals surface area contributed by atoms with E-state index in [1.54, 1.807) is 0 Å². The Labute approximate surface area is 128 Å². The Bertz CT molecular complexity index is 355. The lowest BCUT2D eigenvalue weighted by molar-refractivity contribution is -0.121. The quantitative estimate of drug-likeness (QED) is 0.461. The molecule has 1 heterocycles. The molecule has 3 N–H and O–H groups in total. The molecular weight excluding hydrogens is 264 g/mol. The van der Waals surface area contributed by atoms with Gasteiger partial charge in [-0.05, 0) is 37.5 Å². The fraction of sp³-hybridized carbons (Fsp3) is 0.875. The molecule has 0 aromatic carbocycles. The average molecular weight is 294 g/mol. The number of hydrogen-bond acceptors (Lipinski definition) is 2. The summed E-state index contributed by atoms with van der Waals surface area (Å²) >= 11 is 0. The molecule has 0 aromatic rings. The van der Waals surface area contributed by atoms with Gasteiger partial charge in [-0.3, -0.25) is 9.79 Å². The van der Waals surface area contributed by atoms with Gasteiger partial charge >= 0.3 is 0 Å². The summed E-state index contributed by atoms with van der Waals surface area (Å²) in [5.41, 5.74) is 6.01. The van der Waals surface area contributed by atoms with Crippen molar-refractivity contribution in [3.05, 3.63) is 0 Å². The first-order valence-electron chi connectivity index (χ1n) is 8.46. The average Bonchev–Trinajstić information content (AvgIpc) is 2.97. The van der Waals surface area contributed by atoms with E-state index in [0.29, 0.717) is 31.4 Å². The van der Waals surface area contributed by atoms with Gasteiger partial charge in [0.1, 0.15) is 0 Å². The minimum atomic E-state index is 0.169. The molecule has 2 rings (SSSR count). The fourth-order valence-electron chi connectivity index (χ4n) is 3.25. The molecule has 0 spiro atoms. The number of guanidine groups is 1. The Morgan fingerprint density at radius 2 is 1.90 bits per heavy atom. The van der Waals surface area contributed by atoms with Crippen molar-refractivity contribution in [1.29, 1.82) is 0 Å². The van der Waals surface area contributed by atoms with Gasteiger partial charge in [0.05, 0.1) is 6.54 Å². The van der Waals surface area contributed by atoms with Crippen molar-refractivity contribution >= 4 is 11.9 Å². The van der Waals surface area contributed by atoms with Crippen LogP contribution in [-0.2, 0) is 4.79 Å². The van der Waals surface area contributed by atoms with E-state index < -0.39 is 0 Å². The molecule has 0 radical (unpaired) electrons. The number of carbonyl (C=O) groups is 1. The molecule has 1 amide bonds. The molecule has 0 aromatic heterocycles. The Kier molecular flexibility index (Phi) is 6.33. The number of aliphatic imine (C=N–C) groups is 1. The third-order valence-corrected chi connectivity index (χ3v) is 4.76. The maximum absolute atomic E-state index is 11.8. The molecule has 1 saturated heterocycles. The molecule has 0 bridgehead atoms. The Morgan fingerprint density at radius 3 is 2.57 bits per heavy atom. The van der Waals surface area contributed by atoms with Crippen LogP contribution in [0.15, 0.2) is 4.99 Å². The van der Waals surface area contributed by atoms with Crippen molar-refractivity contribution in [2.45, 2.75) is 51.9 Å². The summed E-state index contributed by atoms with van der Waals surface area (Å²) in [4.78, 5) is 18.3. The smallest absolute Gasteiger partial charge is 0.220 e. The largest absolute Gasteiger partial charge is 0.370 e. The van der Waals surface area contributed by atoms with Crippen LogP contribution in [0.3, 0.4) is 0 Å². The van der Waals surface area contributed by atoms with Gasteiger partial charge in [0.2, 0.25) is 5.91 Å². The lowest BCUT2D eigenvalue weighted by Crippen LogP contribution is -2.42. The Morgan fingerprint density at radius 1 is 1.24 bits per heavy atom. The minimum Gasteiger partial charge on any atom is -0.370 e. The van der Waals surface area contributed by atoms with Crippen LogP contribution >= 0.6 is 0 Å². The SMILES string of the molecule is CC1CCN(C(N)=NCCNC(=O)CC2CCCC2)CC1. The third kappa shape index (κ3) is 5.56. The summed E-state index contributed by atoms with van der Waals surface area (Å²) in [6.45, 7) is 5.46. The van der Waals surface area contributed by atoms with E-state index in [0.717, 1.165) is 19.0 Å². The van der Waals surface area contributed by atoms with Crippen molar-refractivity contribution in [2.75, 3.05) is 26.2 Å². The van der Waals surface area contributed by atoms with Crippen molar-refractivity contribution in [1.82, 2.24) is 10.2 Å². The molecule has 1 aliphatic heterocycles. The molecule has 0 unspecified atom stereocenters. The van der Waals surface area contributed by atoms with Gasteiger partial charge in [0, 0.05) is 26.1 Å². The summed E-state index contributed by atoms with van der Waals surface area (Å²) in [5.74, 6) is 2.20. The Balaban J connectivity index is 1.59. The van der Waals surface area contributed by atoms with E-state index in [-0.39, 0.29) is 5.91 Å². The zero-order chi connectivity index (χ0) is 15.1. The highest BCUT2D eigenvalue weighted by Gasteiger charge is 2.18. The molecule has 2 aliphatic rings. The molecular formula is C16H30N4O. The zero-order valence-corrected chi connectivity index (χ0v) is 13.3. The summed E-state index contributed by atoms with van der Waals surface area (Å²) in [6.07, 6.45) is 8.06. The van der Waals surface area contributed by atoms with Crippen molar-refractivity contribution < 1.29 is 4.79 Å². The van der Waals surface area contributed by atoms with E-state index in [1.165, 1.54) is 38.5 Å². The van der Waals surface area contributed by atoms with Gasteiger partial charge in [-0.2, -0.15) is 0 Å². The lowest BCUT2D eigenvalue weighted by Gasteiger charge is -2.31. The second-order valence-electron chi connectivity index (χ2n) is 6.61. The van der Waals surface area contributed by atoms with Crippen LogP contribution in [0.25, 0.3) is 0 Å². The van der Waals surface area contributed by atoms with Crippen molar-refractivity contribution in [2.24, 2.45) is 22.6 Å². The second-order valence-corrected chi connectivity index (χ2v) is 6.61. The number of nitrogens with one attached hydrogen (secondary N) is 1. The molecule has 0 atom stereocenters. The molecule has 1 aliphatic carbocycles. The van der Waals surface area contributed by atoms with Gasteiger partial charge in [0.15, 0.2) is 5.96 Å². The number of likely N-dealkylation sites (tertiary alicyclic amines) is 1. The second kappa shape index (κ2) is 8.25. The summed E-state index contributed by atoms with van der Waals surface area (Å²) < 4.78 is 0. The summed E-state index contributed by atoms with van der Waals surface area (Å²) in [7, 11) is 0. The van der Waals surface area contributed by atoms with E-state index in [9.17, 15) is 4.79 Å². The summed E-state index contributed by atoms with van der Waals surface area (Å²) in [5, 5.41) is 2.95. The molecule has 5 nitrogen and oxygen atoms in total. The topological polar surface area (TPSA) is 70.7 Å². The van der Waals surface area contributed by atoms with E-state index >= 15 is 0 Å². The number of nitrogens with two attached hydrogens (primary N) is 1. The number of nitrogens with zero attached hydrogens (tertiary/aromatic N) is 2. The normalized spacial score (nSPS) is 21.8. The van der Waals surface area contributed by atoms with E-state index in [2.05, 4.69) is 22.1 Å². The monoisotopic (exact) mass is 294 g/mol. The lowest BCUT2D eigenvalue weighted by atomic mass is 10.00. The van der Waals surface area contributed by atoms with Crippen molar-refractivity contribution in [3.63, 3.8) is 0 Å². The number of carbonyl (C=O) groups excluding carboxylic acids is 1. The number of rotatable bonds is 5. The Hall–Kier alpha value is -1.26. The molecule has 2 fully saturated rings. The maximum Gasteiger partial charge on any atom is 0.220 e. The predicted octanol–water partition coefficient (Wildman–Crippen LogP) is 1.73. The molecule has 21 heavy (non-hydrogen) atoms. The first-order chi connectivity index (χ1) is 10.1. The number of piperidine rings is 1. The number of hydrogen-bond donors (Lipinski definition) is 2. The molecule has 1 saturated carbocycles. The first-order valence-corrected chi connectivity index (χ1v) is 8.46. The highest BCUT2D eigenvalue weighted by atomic mass is 16.1. The van der Waals surface area contributed by atoms with Crippen LogP contribution in [0.1, 0.15) is 51.9 Å². The minimum absolute atomic E-state index is 0.169. The van der Waals surface area contributed by atoms with Crippen LogP contribution in [0, 0.1) is 11.8 Å².